The number of nitrogens with two attached hydrogens (primary N) is 1. The van der Waals surface area contributed by atoms with Gasteiger partial charge in [0.25, 0.3) is 0 Å². The van der Waals surface area contributed by atoms with Crippen LogP contribution in [-0.4, -0.2) is 25.9 Å². The summed E-state index contributed by atoms with van der Waals surface area (Å²) in [6, 6.07) is 2.95. The van der Waals surface area contributed by atoms with Gasteiger partial charge in [-0.25, -0.2) is 0 Å². The third kappa shape index (κ3) is 3.64. The van der Waals surface area contributed by atoms with Crippen LogP contribution < -0.4 is 15.2 Å². The van der Waals surface area contributed by atoms with Crippen molar-refractivity contribution in [2.75, 3.05) is 13.7 Å². The predicted octanol–water partition coefficient (Wildman–Crippen LogP) is 1.42. The Balaban J connectivity index is 2.89. The van der Waals surface area contributed by atoms with Gasteiger partial charge in [0.15, 0.2) is 11.5 Å². The number of rotatable bonds is 6. The molecule has 0 aliphatic carbocycles. The van der Waals surface area contributed by atoms with Crippen LogP contribution in [0.15, 0.2) is 12.1 Å². The second-order valence-electron chi connectivity index (χ2n) is 3.22. The summed E-state index contributed by atoms with van der Waals surface area (Å²) in [6.07, 6.45) is 0.733. The number of aldehydes is 1. The van der Waals surface area contributed by atoms with Crippen molar-refractivity contribution in [1.82, 2.24) is 0 Å². The van der Waals surface area contributed by atoms with Crippen LogP contribution in [0.3, 0.4) is 0 Å². The van der Waals surface area contributed by atoms with E-state index in [9.17, 15) is 9.59 Å². The van der Waals surface area contributed by atoms with E-state index in [1.807, 2.05) is 0 Å². The molecule has 1 aromatic rings. The molecule has 1 aromatic carbocycles. The molecule has 6 heteroatoms. The molecular weight excluding hydrogens is 246 g/mol. The number of halogens is 1. The van der Waals surface area contributed by atoms with E-state index in [-0.39, 0.29) is 18.1 Å². The zero-order valence-electron chi connectivity index (χ0n) is 9.23. The van der Waals surface area contributed by atoms with E-state index in [1.165, 1.54) is 19.2 Å². The summed E-state index contributed by atoms with van der Waals surface area (Å²) in [5.74, 6) is 0.162. The molecule has 0 bridgehead atoms. The molecule has 0 saturated heterocycles. The van der Waals surface area contributed by atoms with E-state index >= 15 is 0 Å². The Morgan fingerprint density at radius 3 is 2.76 bits per heavy atom. The summed E-state index contributed by atoms with van der Waals surface area (Å²) in [5.41, 5.74) is 5.36. The van der Waals surface area contributed by atoms with E-state index in [1.54, 1.807) is 0 Å². The number of primary amides is 1. The number of hydrogen-bond acceptors (Lipinski definition) is 4. The molecule has 0 saturated carbocycles. The standard InChI is InChI=1S/C11H12ClNO4/c1-16-9-5-7(6-14)4-8(12)11(9)17-3-2-10(13)15/h4-6H,2-3H2,1H3,(H2,13,15). The minimum Gasteiger partial charge on any atom is -0.493 e. The Hall–Kier alpha value is -1.75. The maximum Gasteiger partial charge on any atom is 0.220 e. The number of hydrogen-bond donors (Lipinski definition) is 1. The van der Waals surface area contributed by atoms with Crippen LogP contribution >= 0.6 is 11.6 Å². The van der Waals surface area contributed by atoms with Crippen LogP contribution in [0, 0.1) is 0 Å². The number of amides is 1. The first-order valence-electron chi connectivity index (χ1n) is 4.82. The molecule has 0 aliphatic heterocycles. The molecule has 0 atom stereocenters. The number of carbonyl (C=O) groups excluding carboxylic acids is 2. The summed E-state index contributed by atoms with van der Waals surface area (Å²) in [7, 11) is 1.43. The van der Waals surface area contributed by atoms with Gasteiger partial charge < -0.3 is 15.2 Å². The zero-order valence-corrected chi connectivity index (χ0v) is 9.99. The molecule has 0 unspecified atom stereocenters. The molecule has 0 fully saturated rings. The summed E-state index contributed by atoms with van der Waals surface area (Å²) in [6.45, 7) is 0.103. The van der Waals surface area contributed by atoms with Gasteiger partial charge in [0.05, 0.1) is 25.2 Å². The lowest BCUT2D eigenvalue weighted by molar-refractivity contribution is -0.118. The molecule has 17 heavy (non-hydrogen) atoms. The second kappa shape index (κ2) is 6.10. The lowest BCUT2D eigenvalue weighted by Crippen LogP contribution is -2.14. The van der Waals surface area contributed by atoms with E-state index in [0.717, 1.165) is 0 Å². The van der Waals surface area contributed by atoms with Crippen molar-refractivity contribution in [2.45, 2.75) is 6.42 Å². The van der Waals surface area contributed by atoms with Crippen molar-refractivity contribution < 1.29 is 19.1 Å². The van der Waals surface area contributed by atoms with Crippen LogP contribution in [0.4, 0.5) is 0 Å². The van der Waals surface area contributed by atoms with Crippen LogP contribution in [0.1, 0.15) is 16.8 Å². The predicted molar refractivity (Wildman–Crippen MR) is 62.7 cm³/mol. The second-order valence-corrected chi connectivity index (χ2v) is 3.62. The molecule has 0 spiro atoms. The first-order chi connectivity index (χ1) is 8.08. The van der Waals surface area contributed by atoms with Crippen LogP contribution in [0.2, 0.25) is 5.02 Å². The molecule has 92 valence electrons. The lowest BCUT2D eigenvalue weighted by atomic mass is 10.2. The van der Waals surface area contributed by atoms with Gasteiger partial charge in [-0.1, -0.05) is 11.6 Å². The lowest BCUT2D eigenvalue weighted by Gasteiger charge is -2.12. The highest BCUT2D eigenvalue weighted by atomic mass is 35.5. The maximum atomic E-state index is 10.6. The van der Waals surface area contributed by atoms with Gasteiger partial charge in [-0.3, -0.25) is 9.59 Å². The third-order valence-electron chi connectivity index (χ3n) is 1.98. The Kier molecular flexibility index (Phi) is 4.78. The Bertz CT molecular complexity index is 434. The fourth-order valence-electron chi connectivity index (χ4n) is 1.20. The van der Waals surface area contributed by atoms with Gasteiger partial charge in [0.2, 0.25) is 5.91 Å². The van der Waals surface area contributed by atoms with Gasteiger partial charge in [0, 0.05) is 5.56 Å². The largest absolute Gasteiger partial charge is 0.493 e. The summed E-state index contributed by atoms with van der Waals surface area (Å²) in [5, 5.41) is 0.246. The highest BCUT2D eigenvalue weighted by Gasteiger charge is 2.12. The average Bonchev–Trinajstić information content (AvgIpc) is 2.30. The fraction of sp³-hybridized carbons (Fsp3) is 0.273. The quantitative estimate of drug-likeness (QED) is 0.782. The zero-order chi connectivity index (χ0) is 12.8. The summed E-state index contributed by atoms with van der Waals surface area (Å²) >= 11 is 5.93. The van der Waals surface area contributed by atoms with Crippen molar-refractivity contribution >= 4 is 23.8 Å². The van der Waals surface area contributed by atoms with Crippen molar-refractivity contribution in [1.29, 1.82) is 0 Å². The molecule has 0 heterocycles. The normalized spacial score (nSPS) is 9.76. The molecule has 5 nitrogen and oxygen atoms in total. The van der Waals surface area contributed by atoms with E-state index < -0.39 is 5.91 Å². The van der Waals surface area contributed by atoms with Crippen LogP contribution in [-0.2, 0) is 4.79 Å². The number of ether oxygens (including phenoxy) is 2. The van der Waals surface area contributed by atoms with Gasteiger partial charge in [0.1, 0.15) is 6.29 Å². The number of carbonyl (C=O) groups is 2. The maximum absolute atomic E-state index is 10.6. The van der Waals surface area contributed by atoms with Gasteiger partial charge in [-0.05, 0) is 12.1 Å². The van der Waals surface area contributed by atoms with Gasteiger partial charge in [-0.15, -0.1) is 0 Å². The summed E-state index contributed by atoms with van der Waals surface area (Å²) < 4.78 is 10.3. The third-order valence-corrected chi connectivity index (χ3v) is 2.26. The molecular formula is C11H12ClNO4. The first-order valence-corrected chi connectivity index (χ1v) is 5.20. The minimum absolute atomic E-state index is 0.0783. The molecule has 0 radical (unpaired) electrons. The molecule has 0 aromatic heterocycles. The van der Waals surface area contributed by atoms with E-state index in [2.05, 4.69) is 0 Å². The van der Waals surface area contributed by atoms with Crippen molar-refractivity contribution in [3.8, 4) is 11.5 Å². The average molecular weight is 258 g/mol. The van der Waals surface area contributed by atoms with Crippen molar-refractivity contribution in [3.63, 3.8) is 0 Å². The van der Waals surface area contributed by atoms with Crippen LogP contribution in [0.5, 0.6) is 11.5 Å². The van der Waals surface area contributed by atoms with Crippen molar-refractivity contribution in [2.24, 2.45) is 5.73 Å². The SMILES string of the molecule is COc1cc(C=O)cc(Cl)c1OCCC(N)=O. The van der Waals surface area contributed by atoms with E-state index in [0.29, 0.717) is 23.3 Å². The van der Waals surface area contributed by atoms with Crippen LogP contribution in [0.25, 0.3) is 0 Å². The summed E-state index contributed by atoms with van der Waals surface area (Å²) in [4.78, 5) is 21.2. The Morgan fingerprint density at radius 2 is 2.24 bits per heavy atom. The Morgan fingerprint density at radius 1 is 1.53 bits per heavy atom. The molecule has 0 aliphatic rings. The number of benzene rings is 1. The first kappa shape index (κ1) is 13.3. The topological polar surface area (TPSA) is 78.6 Å². The minimum atomic E-state index is -0.468. The molecule has 1 rings (SSSR count). The number of methoxy groups -OCH3 is 1. The molecule has 2 N–H and O–H groups in total. The highest BCUT2D eigenvalue weighted by molar-refractivity contribution is 6.32. The fourth-order valence-corrected chi connectivity index (χ4v) is 1.48. The van der Waals surface area contributed by atoms with Gasteiger partial charge >= 0.3 is 0 Å². The monoisotopic (exact) mass is 257 g/mol. The smallest absolute Gasteiger partial charge is 0.220 e. The van der Waals surface area contributed by atoms with E-state index in [4.69, 9.17) is 26.8 Å². The van der Waals surface area contributed by atoms with Gasteiger partial charge in [-0.2, -0.15) is 0 Å². The Labute approximate surface area is 103 Å². The molecule has 1 amide bonds. The van der Waals surface area contributed by atoms with Crippen molar-refractivity contribution in [3.05, 3.63) is 22.7 Å². The highest BCUT2D eigenvalue weighted by Crippen LogP contribution is 2.36.